The zero-order valence-electron chi connectivity index (χ0n) is 16.9. The highest BCUT2D eigenvalue weighted by Gasteiger charge is 2.55. The number of rotatable bonds is 5. The minimum absolute atomic E-state index is 0.0657. The molecule has 0 spiro atoms. The number of ether oxygens (including phenoxy) is 1. The third-order valence-corrected chi connectivity index (χ3v) is 5.87. The molecule has 162 valence electrons. The van der Waals surface area contributed by atoms with Crippen molar-refractivity contribution in [1.82, 2.24) is 9.80 Å². The van der Waals surface area contributed by atoms with Gasteiger partial charge < -0.3 is 9.84 Å². The van der Waals surface area contributed by atoms with Gasteiger partial charge in [0.25, 0.3) is 0 Å². The van der Waals surface area contributed by atoms with E-state index in [9.17, 15) is 28.8 Å². The number of esters is 2. The van der Waals surface area contributed by atoms with Gasteiger partial charge in [-0.05, 0) is 12.8 Å². The van der Waals surface area contributed by atoms with Gasteiger partial charge in [-0.25, -0.2) is 4.79 Å². The van der Waals surface area contributed by atoms with Gasteiger partial charge in [0.05, 0.1) is 12.1 Å². The van der Waals surface area contributed by atoms with Crippen molar-refractivity contribution >= 4 is 47.5 Å². The predicted molar refractivity (Wildman–Crippen MR) is 103 cm³/mol. The van der Waals surface area contributed by atoms with E-state index in [0.29, 0.717) is 12.2 Å². The summed E-state index contributed by atoms with van der Waals surface area (Å²) in [7, 11) is 0. The smallest absolute Gasteiger partial charge is 0.334 e. The van der Waals surface area contributed by atoms with Crippen LogP contribution in [0.1, 0.15) is 53.4 Å². The molecule has 2 aliphatic heterocycles. The summed E-state index contributed by atoms with van der Waals surface area (Å²) in [5.74, 6) is -2.00. The highest BCUT2D eigenvalue weighted by Crippen LogP contribution is 2.41. The van der Waals surface area contributed by atoms with Gasteiger partial charge in [0, 0.05) is 45.1 Å². The minimum atomic E-state index is -0.818. The number of fused-ring (bicyclic) bond motifs is 1. The van der Waals surface area contributed by atoms with E-state index < -0.39 is 23.9 Å². The van der Waals surface area contributed by atoms with Crippen molar-refractivity contribution in [2.45, 2.75) is 70.7 Å². The molecule has 3 unspecified atom stereocenters. The number of nitrogens with zero attached hydrogens (tertiary/aromatic N) is 2. The second kappa shape index (κ2) is 10.9. The SMILES string of the molecule is CC(=O)N1C(=O)N(C(C)=O)C2C(CCCCC(=O)O)SCC21.CC(=O)OC(C)=O. The third-order valence-electron chi connectivity index (χ3n) is 4.39. The lowest BCUT2D eigenvalue weighted by Gasteiger charge is -2.24. The van der Waals surface area contributed by atoms with E-state index in [0.717, 1.165) is 12.8 Å². The van der Waals surface area contributed by atoms with Crippen LogP contribution in [0.5, 0.6) is 0 Å². The summed E-state index contributed by atoms with van der Waals surface area (Å²) in [5, 5.41) is 8.72. The molecule has 0 aromatic carbocycles. The van der Waals surface area contributed by atoms with Gasteiger partial charge >= 0.3 is 23.9 Å². The summed E-state index contributed by atoms with van der Waals surface area (Å²) in [6, 6.07) is -1.07. The number of amides is 4. The Hall–Kier alpha value is -2.43. The van der Waals surface area contributed by atoms with Gasteiger partial charge in [0.15, 0.2) is 0 Å². The lowest BCUT2D eigenvalue weighted by atomic mass is 10.0. The number of unbranched alkanes of at least 4 members (excludes halogenated alkanes) is 1. The Kier molecular flexibility index (Phi) is 9.28. The van der Waals surface area contributed by atoms with Crippen LogP contribution in [-0.2, 0) is 28.7 Å². The van der Waals surface area contributed by atoms with E-state index in [1.165, 1.54) is 37.5 Å². The average Bonchev–Trinajstić information content (AvgIpc) is 3.06. The molecule has 0 saturated carbocycles. The first-order valence-electron chi connectivity index (χ1n) is 9.13. The molecule has 3 atom stereocenters. The highest BCUT2D eigenvalue weighted by molar-refractivity contribution is 8.00. The van der Waals surface area contributed by atoms with Crippen molar-refractivity contribution in [3.63, 3.8) is 0 Å². The van der Waals surface area contributed by atoms with Crippen molar-refractivity contribution in [1.29, 1.82) is 0 Å². The quantitative estimate of drug-likeness (QED) is 0.297. The molecule has 0 radical (unpaired) electrons. The van der Waals surface area contributed by atoms with Gasteiger partial charge in [-0.15, -0.1) is 0 Å². The summed E-state index contributed by atoms with van der Waals surface area (Å²) >= 11 is 1.65. The number of carbonyl (C=O) groups is 6. The largest absolute Gasteiger partial charge is 0.481 e. The van der Waals surface area contributed by atoms with Crippen molar-refractivity contribution in [3.8, 4) is 0 Å². The van der Waals surface area contributed by atoms with Crippen LogP contribution in [0, 0.1) is 0 Å². The second-order valence-electron chi connectivity index (χ2n) is 6.72. The topological polar surface area (TPSA) is 138 Å². The zero-order chi connectivity index (χ0) is 22.3. The molecule has 2 fully saturated rings. The predicted octanol–water partition coefficient (Wildman–Crippen LogP) is 1.41. The Morgan fingerprint density at radius 3 is 1.97 bits per heavy atom. The van der Waals surface area contributed by atoms with E-state index >= 15 is 0 Å². The Balaban J connectivity index is 0.000000516. The van der Waals surface area contributed by atoms with Crippen molar-refractivity contribution < 1.29 is 38.6 Å². The average molecular weight is 430 g/mol. The van der Waals surface area contributed by atoms with Crippen molar-refractivity contribution in [2.24, 2.45) is 0 Å². The van der Waals surface area contributed by atoms with Crippen LogP contribution in [0.15, 0.2) is 0 Å². The number of hydrogen-bond donors (Lipinski definition) is 1. The molecule has 2 aliphatic rings. The number of carboxylic acids is 1. The van der Waals surface area contributed by atoms with Crippen molar-refractivity contribution in [2.75, 3.05) is 5.75 Å². The Morgan fingerprint density at radius 1 is 1.00 bits per heavy atom. The molecule has 2 heterocycles. The Bertz CT molecular complexity index is 683. The van der Waals surface area contributed by atoms with Crippen LogP contribution >= 0.6 is 11.8 Å². The summed E-state index contributed by atoms with van der Waals surface area (Å²) in [6.07, 6.45) is 2.17. The first-order valence-corrected chi connectivity index (χ1v) is 10.2. The molecular formula is C18H26N2O8S. The molecule has 0 aromatic rings. The number of imide groups is 2. The van der Waals surface area contributed by atoms with Crippen LogP contribution in [0.25, 0.3) is 0 Å². The number of urea groups is 1. The maximum atomic E-state index is 12.3. The summed E-state index contributed by atoms with van der Waals surface area (Å²) in [4.78, 5) is 68.4. The second-order valence-corrected chi connectivity index (χ2v) is 7.99. The van der Waals surface area contributed by atoms with Gasteiger partial charge in [0.1, 0.15) is 0 Å². The molecule has 29 heavy (non-hydrogen) atoms. The fourth-order valence-corrected chi connectivity index (χ4v) is 5.03. The van der Waals surface area contributed by atoms with Gasteiger partial charge in [-0.2, -0.15) is 11.8 Å². The maximum absolute atomic E-state index is 12.3. The van der Waals surface area contributed by atoms with E-state index in [1.807, 2.05) is 0 Å². The van der Waals surface area contributed by atoms with Gasteiger partial charge in [-0.1, -0.05) is 6.42 Å². The Labute approximate surface area is 172 Å². The van der Waals surface area contributed by atoms with Gasteiger partial charge in [-0.3, -0.25) is 33.8 Å². The number of carbonyl (C=O) groups excluding carboxylic acids is 5. The molecule has 4 amide bonds. The molecule has 0 aromatic heterocycles. The van der Waals surface area contributed by atoms with Crippen molar-refractivity contribution in [3.05, 3.63) is 0 Å². The molecule has 0 aliphatic carbocycles. The number of thioether (sulfide) groups is 1. The minimum Gasteiger partial charge on any atom is -0.481 e. The maximum Gasteiger partial charge on any atom is 0.334 e. The van der Waals surface area contributed by atoms with Crippen LogP contribution in [0.3, 0.4) is 0 Å². The standard InChI is InChI=1S/C14H20N2O5S.C4H6O3/c1-8(17)15-10-7-22-11(5-3-4-6-12(19)20)13(10)16(9(2)18)14(15)21;1-3(5)7-4(2)6/h10-11,13H,3-7H2,1-2H3,(H,19,20);1-2H3. The Morgan fingerprint density at radius 2 is 1.55 bits per heavy atom. The molecule has 10 nitrogen and oxygen atoms in total. The zero-order valence-corrected chi connectivity index (χ0v) is 17.7. The highest BCUT2D eigenvalue weighted by atomic mass is 32.2. The molecule has 0 bridgehead atoms. The normalized spacial score (nSPS) is 22.5. The first kappa shape index (κ1) is 24.6. The molecule has 1 N–H and O–H groups in total. The molecule has 2 rings (SSSR count). The number of hydrogen-bond acceptors (Lipinski definition) is 8. The fraction of sp³-hybridized carbons (Fsp3) is 0.667. The third kappa shape index (κ3) is 6.84. The fourth-order valence-electron chi connectivity index (χ4n) is 3.41. The molecular weight excluding hydrogens is 404 g/mol. The van der Waals surface area contributed by atoms with Gasteiger partial charge in [0.2, 0.25) is 11.8 Å². The number of aliphatic carboxylic acids is 1. The summed E-state index contributed by atoms with van der Waals surface area (Å²) in [6.45, 7) is 5.04. The number of carboxylic acid groups (broad SMARTS) is 1. The molecule has 11 heteroatoms. The first-order chi connectivity index (χ1) is 13.5. The van der Waals surface area contributed by atoms with E-state index in [2.05, 4.69) is 4.74 Å². The summed E-state index contributed by atoms with van der Waals surface area (Å²) in [5.41, 5.74) is 0. The monoisotopic (exact) mass is 430 g/mol. The van der Waals surface area contributed by atoms with E-state index in [4.69, 9.17) is 5.11 Å². The van der Waals surface area contributed by atoms with Crippen LogP contribution in [0.4, 0.5) is 4.79 Å². The van der Waals surface area contributed by atoms with Crippen LogP contribution in [0.2, 0.25) is 0 Å². The van der Waals surface area contributed by atoms with Crippen LogP contribution in [-0.4, -0.2) is 73.7 Å². The van der Waals surface area contributed by atoms with E-state index in [1.54, 1.807) is 11.8 Å². The lowest BCUT2D eigenvalue weighted by Crippen LogP contribution is -2.43. The lowest BCUT2D eigenvalue weighted by molar-refractivity contribution is -0.156. The summed E-state index contributed by atoms with van der Waals surface area (Å²) < 4.78 is 3.97. The van der Waals surface area contributed by atoms with E-state index in [-0.39, 0.29) is 35.6 Å². The molecule has 2 saturated heterocycles. The van der Waals surface area contributed by atoms with Crippen LogP contribution < -0.4 is 0 Å².